The summed E-state index contributed by atoms with van der Waals surface area (Å²) in [6.07, 6.45) is 7.88. The molecule has 0 heterocycles. The van der Waals surface area contributed by atoms with Crippen molar-refractivity contribution in [2.75, 3.05) is 11.9 Å². The first-order chi connectivity index (χ1) is 8.66. The van der Waals surface area contributed by atoms with Gasteiger partial charge in [0.1, 0.15) is 0 Å². The lowest BCUT2D eigenvalue weighted by molar-refractivity contribution is 0.483. The summed E-state index contributed by atoms with van der Waals surface area (Å²) >= 11 is 11.5. The average Bonchev–Trinajstić information content (AvgIpc) is 2.61. The van der Waals surface area contributed by atoms with Crippen molar-refractivity contribution in [3.63, 3.8) is 0 Å². The van der Waals surface area contributed by atoms with Crippen LogP contribution in [-0.2, 0) is 0 Å². The topological polar surface area (TPSA) is 12.0 Å². The number of anilines is 1. The van der Waals surface area contributed by atoms with Crippen LogP contribution in [0.5, 0.6) is 0 Å². The number of benzene rings is 1. The third-order valence-corrected chi connectivity index (χ3v) is 4.10. The standard InChI is InChI=1S/C14H18Cl2FN/c15-12-7-11(8-13(16)14(12)17)18-9-10-5-3-1-2-4-6-10/h7-8,10,18H,1-6,9H2. The molecule has 1 N–H and O–H groups in total. The molecule has 100 valence electrons. The van der Waals surface area contributed by atoms with Gasteiger partial charge in [0, 0.05) is 12.2 Å². The first-order valence-corrected chi connectivity index (χ1v) is 7.31. The Labute approximate surface area is 118 Å². The summed E-state index contributed by atoms with van der Waals surface area (Å²) in [6, 6.07) is 3.19. The van der Waals surface area contributed by atoms with Crippen molar-refractivity contribution < 1.29 is 4.39 Å². The third kappa shape index (κ3) is 3.76. The summed E-state index contributed by atoms with van der Waals surface area (Å²) in [5.74, 6) is 0.161. The Morgan fingerprint density at radius 3 is 2.17 bits per heavy atom. The van der Waals surface area contributed by atoms with Gasteiger partial charge in [-0.05, 0) is 30.9 Å². The molecule has 2 rings (SSSR count). The molecule has 0 atom stereocenters. The number of hydrogen-bond acceptors (Lipinski definition) is 1. The van der Waals surface area contributed by atoms with E-state index in [-0.39, 0.29) is 10.0 Å². The summed E-state index contributed by atoms with van der Waals surface area (Å²) in [4.78, 5) is 0. The molecule has 1 saturated carbocycles. The van der Waals surface area contributed by atoms with Crippen LogP contribution in [0.2, 0.25) is 10.0 Å². The largest absolute Gasteiger partial charge is 0.385 e. The quantitative estimate of drug-likeness (QED) is 0.571. The molecular weight excluding hydrogens is 272 g/mol. The van der Waals surface area contributed by atoms with Crippen molar-refractivity contribution >= 4 is 28.9 Å². The van der Waals surface area contributed by atoms with Gasteiger partial charge in [0.2, 0.25) is 0 Å². The van der Waals surface area contributed by atoms with E-state index in [9.17, 15) is 4.39 Å². The van der Waals surface area contributed by atoms with E-state index < -0.39 is 5.82 Å². The molecule has 0 bridgehead atoms. The molecule has 1 aromatic carbocycles. The van der Waals surface area contributed by atoms with Crippen molar-refractivity contribution in [1.29, 1.82) is 0 Å². The van der Waals surface area contributed by atoms with E-state index in [2.05, 4.69) is 5.32 Å². The summed E-state index contributed by atoms with van der Waals surface area (Å²) in [5, 5.41) is 3.47. The fourth-order valence-electron chi connectivity index (χ4n) is 2.49. The Kier molecular flexibility index (Phi) is 5.13. The maximum absolute atomic E-state index is 13.3. The van der Waals surface area contributed by atoms with E-state index in [0.29, 0.717) is 5.92 Å². The van der Waals surface area contributed by atoms with E-state index in [1.54, 1.807) is 12.1 Å². The molecule has 18 heavy (non-hydrogen) atoms. The lowest BCUT2D eigenvalue weighted by Crippen LogP contribution is -2.13. The molecule has 0 amide bonds. The molecule has 1 fully saturated rings. The fourth-order valence-corrected chi connectivity index (χ4v) is 2.97. The van der Waals surface area contributed by atoms with Crippen LogP contribution < -0.4 is 5.32 Å². The summed E-state index contributed by atoms with van der Waals surface area (Å²) in [7, 11) is 0. The predicted octanol–water partition coefficient (Wildman–Crippen LogP) is 5.51. The Morgan fingerprint density at radius 1 is 1.06 bits per heavy atom. The lowest BCUT2D eigenvalue weighted by atomic mass is 10.0. The van der Waals surface area contributed by atoms with Crippen molar-refractivity contribution in [3.05, 3.63) is 28.0 Å². The van der Waals surface area contributed by atoms with Crippen LogP contribution in [-0.4, -0.2) is 6.54 Å². The minimum Gasteiger partial charge on any atom is -0.385 e. The van der Waals surface area contributed by atoms with E-state index in [1.165, 1.54) is 38.5 Å². The molecule has 1 aliphatic rings. The molecular formula is C14H18Cl2FN. The normalized spacial score (nSPS) is 17.5. The van der Waals surface area contributed by atoms with Gasteiger partial charge in [-0.1, -0.05) is 48.9 Å². The number of nitrogens with one attached hydrogen (secondary N) is 1. The van der Waals surface area contributed by atoms with Crippen LogP contribution >= 0.6 is 23.2 Å². The molecule has 0 saturated heterocycles. The molecule has 4 heteroatoms. The van der Waals surface area contributed by atoms with Gasteiger partial charge < -0.3 is 5.32 Å². The second kappa shape index (κ2) is 6.63. The van der Waals surface area contributed by atoms with Crippen LogP contribution in [0.1, 0.15) is 38.5 Å². The fraction of sp³-hybridized carbons (Fsp3) is 0.571. The maximum Gasteiger partial charge on any atom is 0.160 e. The summed E-state index contributed by atoms with van der Waals surface area (Å²) in [5.41, 5.74) is 0.802. The Morgan fingerprint density at radius 2 is 1.61 bits per heavy atom. The van der Waals surface area contributed by atoms with Crippen LogP contribution in [0, 0.1) is 11.7 Å². The van der Waals surface area contributed by atoms with Crippen LogP contribution in [0.3, 0.4) is 0 Å². The van der Waals surface area contributed by atoms with Gasteiger partial charge >= 0.3 is 0 Å². The third-order valence-electron chi connectivity index (χ3n) is 3.55. The first kappa shape index (κ1) is 14.0. The molecule has 0 unspecified atom stereocenters. The zero-order chi connectivity index (χ0) is 13.0. The molecule has 1 aromatic rings. The van der Waals surface area contributed by atoms with E-state index in [1.807, 2.05) is 0 Å². The van der Waals surface area contributed by atoms with Crippen LogP contribution in [0.25, 0.3) is 0 Å². The minimum absolute atomic E-state index is 0.0749. The zero-order valence-electron chi connectivity index (χ0n) is 10.3. The van der Waals surface area contributed by atoms with Gasteiger partial charge in [-0.25, -0.2) is 4.39 Å². The Bertz CT molecular complexity index is 378. The van der Waals surface area contributed by atoms with Gasteiger partial charge in [-0.2, -0.15) is 0 Å². The van der Waals surface area contributed by atoms with E-state index in [4.69, 9.17) is 23.2 Å². The SMILES string of the molecule is Fc1c(Cl)cc(NCC2CCCCCC2)cc1Cl. The van der Waals surface area contributed by atoms with Crippen molar-refractivity contribution in [2.24, 2.45) is 5.92 Å². The zero-order valence-corrected chi connectivity index (χ0v) is 11.8. The summed E-state index contributed by atoms with van der Waals surface area (Å²) < 4.78 is 13.3. The Balaban J connectivity index is 1.93. The molecule has 1 nitrogen and oxygen atoms in total. The molecule has 1 aliphatic carbocycles. The van der Waals surface area contributed by atoms with Crippen molar-refractivity contribution in [2.45, 2.75) is 38.5 Å². The minimum atomic E-state index is -0.543. The summed E-state index contributed by atoms with van der Waals surface area (Å²) in [6.45, 7) is 0.915. The molecule has 0 spiro atoms. The number of hydrogen-bond donors (Lipinski definition) is 1. The van der Waals surface area contributed by atoms with Gasteiger partial charge in [-0.3, -0.25) is 0 Å². The molecule has 0 aromatic heterocycles. The van der Waals surface area contributed by atoms with Crippen LogP contribution in [0.15, 0.2) is 12.1 Å². The average molecular weight is 290 g/mol. The lowest BCUT2D eigenvalue weighted by Gasteiger charge is -2.16. The highest BCUT2D eigenvalue weighted by atomic mass is 35.5. The van der Waals surface area contributed by atoms with Crippen molar-refractivity contribution in [3.8, 4) is 0 Å². The second-order valence-corrected chi connectivity index (χ2v) is 5.81. The van der Waals surface area contributed by atoms with Crippen molar-refractivity contribution in [1.82, 2.24) is 0 Å². The van der Waals surface area contributed by atoms with Crippen LogP contribution in [0.4, 0.5) is 10.1 Å². The maximum atomic E-state index is 13.3. The monoisotopic (exact) mass is 289 g/mol. The highest BCUT2D eigenvalue weighted by Gasteiger charge is 2.13. The Hall–Kier alpha value is -0.470. The van der Waals surface area contributed by atoms with Gasteiger partial charge in [-0.15, -0.1) is 0 Å². The number of halogens is 3. The van der Waals surface area contributed by atoms with Gasteiger partial charge in [0.05, 0.1) is 10.0 Å². The first-order valence-electron chi connectivity index (χ1n) is 6.55. The highest BCUT2D eigenvalue weighted by molar-refractivity contribution is 6.35. The predicted molar refractivity (Wildman–Crippen MR) is 76.1 cm³/mol. The second-order valence-electron chi connectivity index (χ2n) is 4.99. The molecule has 0 radical (unpaired) electrons. The van der Waals surface area contributed by atoms with Gasteiger partial charge in [0.15, 0.2) is 5.82 Å². The number of rotatable bonds is 3. The van der Waals surface area contributed by atoms with Gasteiger partial charge in [0.25, 0.3) is 0 Å². The van der Waals surface area contributed by atoms with E-state index >= 15 is 0 Å². The smallest absolute Gasteiger partial charge is 0.160 e. The van der Waals surface area contributed by atoms with E-state index in [0.717, 1.165) is 12.2 Å². The molecule has 0 aliphatic heterocycles. The highest BCUT2D eigenvalue weighted by Crippen LogP contribution is 2.28.